The number of amides is 1. The average Bonchev–Trinajstić information content (AvgIpc) is 2.70. The molecule has 2 aromatic carbocycles. The van der Waals surface area contributed by atoms with Gasteiger partial charge in [0, 0.05) is 47.6 Å². The van der Waals surface area contributed by atoms with Crippen LogP contribution in [0.2, 0.25) is 5.02 Å². The standard InChI is InChI=1S/C19H18ClN5O3/c1-2-17-23-16-11-13(20)6-7-15(16)18(24-17)21-8-9-22-19(26)12-4-3-5-14(10-12)25(27)28/h3-7,10-11H,2,8-9H2,1H3,(H,22,26)(H,21,23,24). The number of nitro benzene ring substituents is 1. The van der Waals surface area contributed by atoms with Crippen molar-refractivity contribution in [2.45, 2.75) is 13.3 Å². The predicted molar refractivity (Wildman–Crippen MR) is 108 cm³/mol. The van der Waals surface area contributed by atoms with Crippen molar-refractivity contribution in [2.75, 3.05) is 18.4 Å². The first-order valence-electron chi connectivity index (χ1n) is 8.70. The number of aromatic nitrogens is 2. The summed E-state index contributed by atoms with van der Waals surface area (Å²) in [5.74, 6) is 0.986. The van der Waals surface area contributed by atoms with E-state index in [-0.39, 0.29) is 17.2 Å². The Morgan fingerprint density at radius 2 is 2.00 bits per heavy atom. The number of hydrogen-bond acceptors (Lipinski definition) is 6. The van der Waals surface area contributed by atoms with Crippen LogP contribution in [0, 0.1) is 10.1 Å². The third-order valence-electron chi connectivity index (χ3n) is 4.04. The molecule has 1 amide bonds. The molecule has 0 atom stereocenters. The van der Waals surface area contributed by atoms with E-state index < -0.39 is 4.92 Å². The van der Waals surface area contributed by atoms with E-state index >= 15 is 0 Å². The summed E-state index contributed by atoms with van der Waals surface area (Å²) in [5, 5.41) is 18.2. The number of carbonyl (C=O) groups excluding carboxylic acids is 1. The lowest BCUT2D eigenvalue weighted by Crippen LogP contribution is -2.29. The lowest BCUT2D eigenvalue weighted by Gasteiger charge is -2.11. The molecule has 1 heterocycles. The number of halogens is 1. The first-order chi connectivity index (χ1) is 13.5. The molecule has 0 saturated heterocycles. The van der Waals surface area contributed by atoms with Gasteiger partial charge in [-0.1, -0.05) is 24.6 Å². The Kier molecular flexibility index (Phi) is 6.00. The summed E-state index contributed by atoms with van der Waals surface area (Å²) in [5.41, 5.74) is 0.871. The Morgan fingerprint density at radius 3 is 2.75 bits per heavy atom. The number of rotatable bonds is 7. The maximum Gasteiger partial charge on any atom is 0.270 e. The second kappa shape index (κ2) is 8.62. The van der Waals surface area contributed by atoms with Crippen molar-refractivity contribution < 1.29 is 9.72 Å². The van der Waals surface area contributed by atoms with Gasteiger partial charge in [-0.05, 0) is 24.3 Å². The molecule has 0 radical (unpaired) electrons. The minimum atomic E-state index is -0.532. The number of fused-ring (bicyclic) bond motifs is 1. The van der Waals surface area contributed by atoms with Crippen LogP contribution in [-0.2, 0) is 6.42 Å². The number of benzene rings is 2. The van der Waals surface area contributed by atoms with Crippen molar-refractivity contribution in [2.24, 2.45) is 0 Å². The van der Waals surface area contributed by atoms with Gasteiger partial charge in [-0.15, -0.1) is 0 Å². The molecule has 0 unspecified atom stereocenters. The molecule has 0 saturated carbocycles. The molecule has 0 aliphatic rings. The number of hydrogen-bond donors (Lipinski definition) is 2. The van der Waals surface area contributed by atoms with Gasteiger partial charge in [-0.3, -0.25) is 14.9 Å². The van der Waals surface area contributed by atoms with E-state index in [1.165, 1.54) is 24.3 Å². The molecule has 8 nitrogen and oxygen atoms in total. The zero-order valence-electron chi connectivity index (χ0n) is 15.1. The third-order valence-corrected chi connectivity index (χ3v) is 4.28. The van der Waals surface area contributed by atoms with Crippen LogP contribution in [0.15, 0.2) is 42.5 Å². The molecule has 2 N–H and O–H groups in total. The van der Waals surface area contributed by atoms with Gasteiger partial charge in [0.05, 0.1) is 10.4 Å². The zero-order chi connectivity index (χ0) is 20.1. The van der Waals surface area contributed by atoms with Crippen molar-refractivity contribution in [1.29, 1.82) is 0 Å². The average molecular weight is 400 g/mol. The first-order valence-corrected chi connectivity index (χ1v) is 9.08. The van der Waals surface area contributed by atoms with Crippen LogP contribution in [0.4, 0.5) is 11.5 Å². The van der Waals surface area contributed by atoms with Gasteiger partial charge >= 0.3 is 0 Å². The number of nitrogens with zero attached hydrogens (tertiary/aromatic N) is 3. The zero-order valence-corrected chi connectivity index (χ0v) is 15.9. The fraction of sp³-hybridized carbons (Fsp3) is 0.211. The Morgan fingerprint density at radius 1 is 1.18 bits per heavy atom. The molecule has 3 aromatic rings. The van der Waals surface area contributed by atoms with Crippen molar-refractivity contribution in [3.63, 3.8) is 0 Å². The van der Waals surface area contributed by atoms with Crippen LogP contribution in [-0.4, -0.2) is 33.9 Å². The van der Waals surface area contributed by atoms with Gasteiger partial charge in [0.1, 0.15) is 11.6 Å². The van der Waals surface area contributed by atoms with E-state index in [4.69, 9.17) is 11.6 Å². The predicted octanol–water partition coefficient (Wildman–Crippen LogP) is 3.60. The van der Waals surface area contributed by atoms with Gasteiger partial charge < -0.3 is 10.6 Å². The summed E-state index contributed by atoms with van der Waals surface area (Å²) in [4.78, 5) is 31.4. The van der Waals surface area contributed by atoms with E-state index in [1.54, 1.807) is 12.1 Å². The lowest BCUT2D eigenvalue weighted by molar-refractivity contribution is -0.384. The highest BCUT2D eigenvalue weighted by molar-refractivity contribution is 6.31. The van der Waals surface area contributed by atoms with Crippen molar-refractivity contribution in [1.82, 2.24) is 15.3 Å². The Labute approximate surface area is 166 Å². The minimum absolute atomic E-state index is 0.121. The largest absolute Gasteiger partial charge is 0.368 e. The number of non-ortho nitro benzene ring substituents is 1. The van der Waals surface area contributed by atoms with Gasteiger partial charge in [0.25, 0.3) is 11.6 Å². The van der Waals surface area contributed by atoms with Crippen LogP contribution < -0.4 is 10.6 Å². The Hall–Kier alpha value is -3.26. The summed E-state index contributed by atoms with van der Waals surface area (Å²) in [6.45, 7) is 2.72. The van der Waals surface area contributed by atoms with E-state index in [9.17, 15) is 14.9 Å². The van der Waals surface area contributed by atoms with Crippen molar-refractivity contribution in [3.8, 4) is 0 Å². The first kappa shape index (κ1) is 19.5. The Balaban J connectivity index is 1.64. The smallest absolute Gasteiger partial charge is 0.270 e. The van der Waals surface area contributed by atoms with Crippen molar-refractivity contribution >= 4 is 39.9 Å². The van der Waals surface area contributed by atoms with Gasteiger partial charge in [0.15, 0.2) is 0 Å². The summed E-state index contributed by atoms with van der Waals surface area (Å²) < 4.78 is 0. The highest BCUT2D eigenvalue weighted by atomic mass is 35.5. The van der Waals surface area contributed by atoms with E-state index in [2.05, 4.69) is 20.6 Å². The second-order valence-electron chi connectivity index (χ2n) is 5.99. The monoisotopic (exact) mass is 399 g/mol. The number of aryl methyl sites for hydroxylation is 1. The molecular formula is C19H18ClN5O3. The van der Waals surface area contributed by atoms with Crippen LogP contribution >= 0.6 is 11.6 Å². The topological polar surface area (TPSA) is 110 Å². The Bertz CT molecular complexity index is 1040. The molecule has 9 heteroatoms. The molecule has 0 bridgehead atoms. The quantitative estimate of drug-likeness (QED) is 0.357. The second-order valence-corrected chi connectivity index (χ2v) is 6.43. The van der Waals surface area contributed by atoms with Crippen molar-refractivity contribution in [3.05, 3.63) is 69.0 Å². The number of nitro groups is 1. The summed E-state index contributed by atoms with van der Waals surface area (Å²) in [6.07, 6.45) is 0.681. The highest BCUT2D eigenvalue weighted by Crippen LogP contribution is 2.23. The maximum atomic E-state index is 12.2. The van der Waals surface area contributed by atoms with Gasteiger partial charge in [0.2, 0.25) is 0 Å². The number of nitrogens with one attached hydrogen (secondary N) is 2. The summed E-state index contributed by atoms with van der Waals surface area (Å²) in [6, 6.07) is 11.0. The normalized spacial score (nSPS) is 10.6. The minimum Gasteiger partial charge on any atom is -0.368 e. The molecule has 0 fully saturated rings. The van der Waals surface area contributed by atoms with E-state index in [0.29, 0.717) is 36.2 Å². The molecular weight excluding hydrogens is 382 g/mol. The van der Waals surface area contributed by atoms with Gasteiger partial charge in [-0.25, -0.2) is 9.97 Å². The molecule has 0 spiro atoms. The molecule has 1 aromatic heterocycles. The van der Waals surface area contributed by atoms with Crippen LogP contribution in [0.25, 0.3) is 10.9 Å². The molecule has 28 heavy (non-hydrogen) atoms. The third kappa shape index (κ3) is 4.52. The fourth-order valence-corrected chi connectivity index (χ4v) is 2.83. The highest BCUT2D eigenvalue weighted by Gasteiger charge is 2.11. The summed E-state index contributed by atoms with van der Waals surface area (Å²) in [7, 11) is 0. The number of anilines is 1. The molecule has 144 valence electrons. The number of carbonyl (C=O) groups is 1. The maximum absolute atomic E-state index is 12.2. The van der Waals surface area contributed by atoms with Crippen LogP contribution in [0.5, 0.6) is 0 Å². The van der Waals surface area contributed by atoms with Crippen LogP contribution in [0.1, 0.15) is 23.1 Å². The fourth-order valence-electron chi connectivity index (χ4n) is 2.66. The van der Waals surface area contributed by atoms with Gasteiger partial charge in [-0.2, -0.15) is 0 Å². The SMILES string of the molecule is CCc1nc(NCCNC(=O)c2cccc([N+](=O)[O-])c2)c2ccc(Cl)cc2n1. The summed E-state index contributed by atoms with van der Waals surface area (Å²) >= 11 is 6.05. The van der Waals surface area contributed by atoms with E-state index in [1.807, 2.05) is 13.0 Å². The molecule has 3 rings (SSSR count). The molecule has 0 aliphatic carbocycles. The van der Waals surface area contributed by atoms with E-state index in [0.717, 1.165) is 10.9 Å². The lowest BCUT2D eigenvalue weighted by atomic mass is 10.2. The van der Waals surface area contributed by atoms with Crippen LogP contribution in [0.3, 0.4) is 0 Å². The molecule has 0 aliphatic heterocycles.